The fourth-order valence-electron chi connectivity index (χ4n) is 2.33. The minimum Gasteiger partial charge on any atom is -0.493 e. The summed E-state index contributed by atoms with van der Waals surface area (Å²) in [6.07, 6.45) is 0. The molecule has 0 saturated carbocycles. The molecule has 2 aromatic carbocycles. The smallest absolute Gasteiger partial charge is 0.387 e. The molecule has 146 valence electrons. The number of nitrogens with one attached hydrogen (secondary N) is 1. The maximum atomic E-state index is 12.4. The summed E-state index contributed by atoms with van der Waals surface area (Å²) in [4.78, 5) is 3.10. The van der Waals surface area contributed by atoms with Gasteiger partial charge >= 0.3 is 6.61 Å². The molecule has 0 fully saturated rings. The molecule has 0 radical (unpaired) electrons. The van der Waals surface area contributed by atoms with E-state index in [2.05, 4.69) is 22.2 Å². The monoisotopic (exact) mass is 412 g/mol. The Hall–Kier alpha value is -2.06. The van der Waals surface area contributed by atoms with E-state index < -0.39 is 6.61 Å². The number of alkyl halides is 2. The second kappa shape index (κ2) is 10.9. The highest BCUT2D eigenvalue weighted by atomic mass is 32.2. The van der Waals surface area contributed by atoms with Gasteiger partial charge in [-0.15, -0.1) is 11.8 Å². The summed E-state index contributed by atoms with van der Waals surface area (Å²) in [5, 5.41) is 3.84. The summed E-state index contributed by atoms with van der Waals surface area (Å²) in [5.41, 5.74) is 0.874. The number of nitrogens with zero attached hydrogens (tertiary/aromatic N) is 1. The van der Waals surface area contributed by atoms with E-state index in [0.29, 0.717) is 11.7 Å². The van der Waals surface area contributed by atoms with Gasteiger partial charge in [-0.05, 0) is 42.0 Å². The van der Waals surface area contributed by atoms with Gasteiger partial charge in [0.1, 0.15) is 0 Å². The first kappa shape index (κ1) is 21.2. The Kier molecular flexibility index (Phi) is 8.60. The molecule has 0 spiro atoms. The lowest BCUT2D eigenvalue weighted by atomic mass is 10.2. The van der Waals surface area contributed by atoms with Crippen molar-refractivity contribution in [2.75, 3.05) is 26.5 Å². The van der Waals surface area contributed by atoms with Crippen molar-refractivity contribution in [3.8, 4) is 11.5 Å². The van der Waals surface area contributed by atoms with Crippen LogP contribution in [0.4, 0.5) is 8.78 Å². The lowest BCUT2D eigenvalue weighted by Crippen LogP contribution is -2.37. The quantitative estimate of drug-likeness (QED) is 0.374. The van der Waals surface area contributed by atoms with Gasteiger partial charge in [-0.25, -0.2) is 0 Å². The van der Waals surface area contributed by atoms with Crippen LogP contribution in [0, 0.1) is 0 Å². The zero-order chi connectivity index (χ0) is 19.6. The van der Waals surface area contributed by atoms with Gasteiger partial charge in [0.2, 0.25) is 0 Å². The van der Waals surface area contributed by atoms with Crippen LogP contribution in [0.2, 0.25) is 0 Å². The van der Waals surface area contributed by atoms with Gasteiger partial charge in [-0.3, -0.25) is 0 Å². The van der Waals surface area contributed by atoms with Crippen LogP contribution in [-0.2, 0) is 6.54 Å². The fraction of sp³-hybridized carbons (Fsp3) is 0.316. The number of halogens is 2. The highest BCUT2D eigenvalue weighted by molar-refractivity contribution is 7.99. The minimum atomic E-state index is -2.89. The Morgan fingerprint density at radius 1 is 1.19 bits per heavy atom. The fourth-order valence-corrected chi connectivity index (χ4v) is 3.28. The summed E-state index contributed by atoms with van der Waals surface area (Å²) in [6, 6.07) is 15.0. The molecule has 0 unspecified atom stereocenters. The molecule has 8 heteroatoms. The number of hydrogen-bond donors (Lipinski definition) is 1. The van der Waals surface area contributed by atoms with Crippen LogP contribution in [0.15, 0.2) is 53.4 Å². The largest absolute Gasteiger partial charge is 0.493 e. The van der Waals surface area contributed by atoms with Crippen LogP contribution in [0.3, 0.4) is 0 Å². The van der Waals surface area contributed by atoms with E-state index in [1.165, 1.54) is 18.1 Å². The summed E-state index contributed by atoms with van der Waals surface area (Å²) in [7, 11) is 3.29. The maximum Gasteiger partial charge on any atom is 0.387 e. The summed E-state index contributed by atoms with van der Waals surface area (Å²) >= 11 is 7.16. The molecule has 2 aromatic rings. The molecule has 0 aliphatic heterocycles. The lowest BCUT2D eigenvalue weighted by molar-refractivity contribution is -0.0512. The first-order valence-corrected chi connectivity index (χ1v) is 9.67. The van der Waals surface area contributed by atoms with Crippen LogP contribution in [0.5, 0.6) is 11.5 Å². The highest BCUT2D eigenvalue weighted by Gasteiger charge is 2.12. The van der Waals surface area contributed by atoms with E-state index in [1.807, 2.05) is 30.1 Å². The average Bonchev–Trinajstić information content (AvgIpc) is 2.66. The van der Waals surface area contributed by atoms with E-state index in [0.717, 1.165) is 17.9 Å². The summed E-state index contributed by atoms with van der Waals surface area (Å²) < 4.78 is 34.3. The van der Waals surface area contributed by atoms with Gasteiger partial charge in [-0.2, -0.15) is 8.78 Å². The second-order valence-corrected chi connectivity index (χ2v) is 7.17. The first-order chi connectivity index (χ1) is 13.0. The zero-order valence-electron chi connectivity index (χ0n) is 15.2. The number of rotatable bonds is 9. The topological polar surface area (TPSA) is 33.7 Å². The van der Waals surface area contributed by atoms with Crippen LogP contribution in [-0.4, -0.2) is 43.1 Å². The molecule has 0 aliphatic carbocycles. The predicted molar refractivity (Wildman–Crippen MR) is 109 cm³/mol. The third kappa shape index (κ3) is 7.22. The molecule has 27 heavy (non-hydrogen) atoms. The summed E-state index contributed by atoms with van der Waals surface area (Å²) in [6.45, 7) is -1.63. The Labute approximate surface area is 167 Å². The van der Waals surface area contributed by atoms with Crippen LogP contribution >= 0.6 is 24.0 Å². The van der Waals surface area contributed by atoms with Gasteiger partial charge in [-0.1, -0.05) is 24.3 Å². The van der Waals surface area contributed by atoms with E-state index >= 15 is 0 Å². The van der Waals surface area contributed by atoms with Crippen molar-refractivity contribution in [2.45, 2.75) is 18.1 Å². The van der Waals surface area contributed by atoms with E-state index in [4.69, 9.17) is 17.0 Å². The first-order valence-electron chi connectivity index (χ1n) is 8.28. The van der Waals surface area contributed by atoms with Gasteiger partial charge in [0.25, 0.3) is 0 Å². The molecule has 0 bridgehead atoms. The standard InChI is InChI=1S/C19H22F2N2O2S2/c1-23(19(26)22-10-11-27-15-6-4-3-5-7-15)13-14-8-9-16(25-18(20)21)17(12-14)24-2/h3-9,12,18H,10-11,13H2,1-2H3,(H,22,26). The molecular formula is C19H22F2N2O2S2. The molecular weight excluding hydrogens is 390 g/mol. The van der Waals surface area contributed by atoms with Crippen molar-refractivity contribution in [3.63, 3.8) is 0 Å². The Balaban J connectivity index is 1.81. The molecule has 0 amide bonds. The van der Waals surface area contributed by atoms with Gasteiger partial charge in [0.05, 0.1) is 7.11 Å². The van der Waals surface area contributed by atoms with Crippen LogP contribution < -0.4 is 14.8 Å². The van der Waals surface area contributed by atoms with Gasteiger partial charge in [0, 0.05) is 30.8 Å². The number of methoxy groups -OCH3 is 1. The molecule has 2 rings (SSSR count). The Bertz CT molecular complexity index is 733. The molecule has 0 saturated heterocycles. The van der Waals surface area contributed by atoms with Crippen molar-refractivity contribution in [1.82, 2.24) is 10.2 Å². The predicted octanol–water partition coefficient (Wildman–Crippen LogP) is 4.40. The van der Waals surface area contributed by atoms with Gasteiger partial charge in [0.15, 0.2) is 16.6 Å². The van der Waals surface area contributed by atoms with Crippen LogP contribution in [0.1, 0.15) is 5.56 Å². The van der Waals surface area contributed by atoms with Crippen molar-refractivity contribution in [3.05, 3.63) is 54.1 Å². The third-order valence-corrected chi connectivity index (χ3v) is 5.07. The van der Waals surface area contributed by atoms with Gasteiger partial charge < -0.3 is 19.7 Å². The molecule has 1 N–H and O–H groups in total. The van der Waals surface area contributed by atoms with E-state index in [-0.39, 0.29) is 11.5 Å². The SMILES string of the molecule is COc1cc(CN(C)C(=S)NCCSc2ccccc2)ccc1OC(F)F. The zero-order valence-corrected chi connectivity index (χ0v) is 16.8. The van der Waals surface area contributed by atoms with Crippen molar-refractivity contribution < 1.29 is 18.3 Å². The minimum absolute atomic E-state index is 0.0116. The number of benzene rings is 2. The molecule has 4 nitrogen and oxygen atoms in total. The second-order valence-electron chi connectivity index (χ2n) is 5.61. The normalized spacial score (nSPS) is 10.6. The highest BCUT2D eigenvalue weighted by Crippen LogP contribution is 2.29. The number of hydrogen-bond acceptors (Lipinski definition) is 4. The Morgan fingerprint density at radius 3 is 2.59 bits per heavy atom. The maximum absolute atomic E-state index is 12.4. The number of ether oxygens (including phenoxy) is 2. The van der Waals surface area contributed by atoms with Crippen molar-refractivity contribution in [1.29, 1.82) is 0 Å². The molecule has 0 aromatic heterocycles. The average molecular weight is 413 g/mol. The lowest BCUT2D eigenvalue weighted by Gasteiger charge is -2.21. The summed E-state index contributed by atoms with van der Waals surface area (Å²) in [5.74, 6) is 1.17. The van der Waals surface area contributed by atoms with E-state index in [9.17, 15) is 8.78 Å². The van der Waals surface area contributed by atoms with Crippen molar-refractivity contribution >= 4 is 29.1 Å². The molecule has 0 atom stereocenters. The molecule has 0 heterocycles. The Morgan fingerprint density at radius 2 is 1.93 bits per heavy atom. The third-order valence-electron chi connectivity index (χ3n) is 3.60. The van der Waals surface area contributed by atoms with Crippen LogP contribution in [0.25, 0.3) is 0 Å². The van der Waals surface area contributed by atoms with Crippen molar-refractivity contribution in [2.24, 2.45) is 0 Å². The van der Waals surface area contributed by atoms with E-state index in [1.54, 1.807) is 23.9 Å². The molecule has 0 aliphatic rings. The number of thioether (sulfide) groups is 1. The number of thiocarbonyl (C=S) groups is 1.